The number of esters is 3. The Morgan fingerprint density at radius 1 is 1.09 bits per heavy atom. The van der Waals surface area contributed by atoms with Gasteiger partial charge in [-0.1, -0.05) is 0 Å². The van der Waals surface area contributed by atoms with Crippen LogP contribution >= 0.6 is 0 Å². The maximum atomic E-state index is 14.5. The van der Waals surface area contributed by atoms with Gasteiger partial charge in [-0.2, -0.15) is 4.98 Å². The minimum atomic E-state index is -1.49. The molecule has 0 spiro atoms. The molecule has 1 aliphatic rings. The number of ether oxygens (including phenoxy) is 5. The summed E-state index contributed by atoms with van der Waals surface area (Å²) < 4.78 is 40.6. The predicted octanol–water partition coefficient (Wildman–Crippen LogP) is 0.275. The Hall–Kier alpha value is -3.55. The number of amides is 1. The molecule has 0 unspecified atom stereocenters. The molecule has 1 saturated heterocycles. The van der Waals surface area contributed by atoms with Crippen molar-refractivity contribution in [2.45, 2.75) is 52.2 Å². The Morgan fingerprint density at radius 2 is 1.72 bits per heavy atom. The van der Waals surface area contributed by atoms with Gasteiger partial charge in [-0.15, -0.1) is 0 Å². The van der Waals surface area contributed by atoms with Crippen LogP contribution < -0.4 is 11.0 Å². The lowest BCUT2D eigenvalue weighted by Crippen LogP contribution is -2.42. The van der Waals surface area contributed by atoms with Crippen molar-refractivity contribution in [1.82, 2.24) is 9.55 Å². The van der Waals surface area contributed by atoms with Crippen molar-refractivity contribution in [3.8, 4) is 0 Å². The molecule has 1 aliphatic heterocycles. The van der Waals surface area contributed by atoms with Crippen LogP contribution in [-0.2, 0) is 38.1 Å². The molecule has 0 aliphatic carbocycles. The van der Waals surface area contributed by atoms with Crippen LogP contribution in [0.5, 0.6) is 0 Å². The van der Waals surface area contributed by atoms with Gasteiger partial charge < -0.3 is 23.7 Å². The van der Waals surface area contributed by atoms with Crippen molar-refractivity contribution in [3.63, 3.8) is 0 Å². The number of carbonyl (C=O) groups is 4. The Labute approximate surface area is 180 Å². The summed E-state index contributed by atoms with van der Waals surface area (Å²) in [6.07, 6.45) is -5.69. The summed E-state index contributed by atoms with van der Waals surface area (Å²) >= 11 is 0. The fourth-order valence-electron chi connectivity index (χ4n) is 2.90. The molecule has 1 aromatic rings. The Kier molecular flexibility index (Phi) is 8.23. The quantitative estimate of drug-likeness (QED) is 0.440. The number of halogens is 1. The lowest BCUT2D eigenvalue weighted by atomic mass is 10.1. The average Bonchev–Trinajstić information content (AvgIpc) is 2.99. The first kappa shape index (κ1) is 24.7. The third kappa shape index (κ3) is 6.23. The minimum absolute atomic E-state index is 0.00571. The number of anilines is 1. The molecule has 0 aromatic carbocycles. The molecular weight excluding hydrogens is 437 g/mol. The summed E-state index contributed by atoms with van der Waals surface area (Å²) in [6, 6.07) is 0. The highest BCUT2D eigenvalue weighted by Gasteiger charge is 2.51. The van der Waals surface area contributed by atoms with Gasteiger partial charge in [0, 0.05) is 20.8 Å². The largest absolute Gasteiger partial charge is 0.463 e. The molecule has 13 nitrogen and oxygen atoms in total. The van der Waals surface area contributed by atoms with Gasteiger partial charge >= 0.3 is 29.7 Å². The highest BCUT2D eigenvalue weighted by molar-refractivity contribution is 5.83. The number of carbonyl (C=O) groups excluding carboxylic acids is 4. The van der Waals surface area contributed by atoms with Gasteiger partial charge in [0.25, 0.3) is 0 Å². The number of hydrogen-bond donors (Lipinski definition) is 1. The van der Waals surface area contributed by atoms with Crippen LogP contribution in [0.15, 0.2) is 11.0 Å². The standard InChI is InChI=1S/C18H22FN3O10/c1-5-28-18(27)21-15-11(19)6-22(17(26)20-15)16-14(31-10(4)25)13(30-9(3)24)12(32-16)7-29-8(2)23/h6,12-14,16H,5,7H2,1-4H3,(H,20,21,26,27)/t12-,13-,14-,16-/m1/s1. The summed E-state index contributed by atoms with van der Waals surface area (Å²) in [5.41, 5.74) is -1.09. The predicted molar refractivity (Wildman–Crippen MR) is 101 cm³/mol. The van der Waals surface area contributed by atoms with E-state index < -0.39 is 72.5 Å². The topological polar surface area (TPSA) is 161 Å². The van der Waals surface area contributed by atoms with E-state index in [1.807, 2.05) is 5.32 Å². The van der Waals surface area contributed by atoms with Crippen LogP contribution in [0.2, 0.25) is 0 Å². The maximum Gasteiger partial charge on any atom is 0.412 e. The van der Waals surface area contributed by atoms with Gasteiger partial charge in [0.15, 0.2) is 30.1 Å². The van der Waals surface area contributed by atoms with Crippen LogP contribution in [0.1, 0.15) is 33.9 Å². The molecule has 14 heteroatoms. The highest BCUT2D eigenvalue weighted by Crippen LogP contribution is 2.34. The molecule has 1 aromatic heterocycles. The Balaban J connectivity index is 2.43. The summed E-state index contributed by atoms with van der Waals surface area (Å²) in [5.74, 6) is -4.07. The normalized spacial score (nSPS) is 22.0. The first-order valence-corrected chi connectivity index (χ1v) is 9.39. The highest BCUT2D eigenvalue weighted by atomic mass is 19.1. The summed E-state index contributed by atoms with van der Waals surface area (Å²) in [4.78, 5) is 61.8. The lowest BCUT2D eigenvalue weighted by molar-refractivity contribution is -0.166. The summed E-state index contributed by atoms with van der Waals surface area (Å²) in [7, 11) is 0. The fourth-order valence-corrected chi connectivity index (χ4v) is 2.90. The molecule has 4 atom stereocenters. The van der Waals surface area contributed by atoms with E-state index in [2.05, 4.69) is 9.72 Å². The Morgan fingerprint density at radius 3 is 2.28 bits per heavy atom. The van der Waals surface area contributed by atoms with Gasteiger partial charge in [0.1, 0.15) is 12.7 Å². The summed E-state index contributed by atoms with van der Waals surface area (Å²) in [6.45, 7) is 4.41. The molecule has 1 amide bonds. The van der Waals surface area contributed by atoms with Crippen LogP contribution in [0.4, 0.5) is 15.0 Å². The number of rotatable bonds is 7. The van der Waals surface area contributed by atoms with Crippen LogP contribution in [-0.4, -0.2) is 65.1 Å². The van der Waals surface area contributed by atoms with Crippen LogP contribution in [0.25, 0.3) is 0 Å². The third-order valence-corrected chi connectivity index (χ3v) is 4.02. The zero-order chi connectivity index (χ0) is 24.0. The van der Waals surface area contributed by atoms with Crippen molar-refractivity contribution in [1.29, 1.82) is 0 Å². The first-order chi connectivity index (χ1) is 15.0. The van der Waals surface area contributed by atoms with E-state index in [-0.39, 0.29) is 6.61 Å². The SMILES string of the molecule is CCOC(=O)Nc1nc(=O)n([C@@H]2O[C@H](COC(C)=O)[C@@H](OC(C)=O)[C@H]2OC(C)=O)cc1F. The van der Waals surface area contributed by atoms with Gasteiger partial charge in [-0.05, 0) is 6.92 Å². The van der Waals surface area contributed by atoms with Crippen molar-refractivity contribution in [2.75, 3.05) is 18.5 Å². The maximum absolute atomic E-state index is 14.5. The third-order valence-electron chi connectivity index (χ3n) is 4.02. The second-order valence-corrected chi connectivity index (χ2v) is 6.49. The van der Waals surface area contributed by atoms with Crippen LogP contribution in [0.3, 0.4) is 0 Å². The van der Waals surface area contributed by atoms with E-state index in [0.717, 1.165) is 20.8 Å². The molecule has 1 N–H and O–H groups in total. The molecular formula is C18H22FN3O10. The van der Waals surface area contributed by atoms with Crippen molar-refractivity contribution in [3.05, 3.63) is 22.5 Å². The molecule has 1 fully saturated rings. The number of nitrogens with zero attached hydrogens (tertiary/aromatic N) is 2. The monoisotopic (exact) mass is 459 g/mol. The first-order valence-electron chi connectivity index (χ1n) is 9.39. The molecule has 0 saturated carbocycles. The lowest BCUT2D eigenvalue weighted by Gasteiger charge is -2.24. The molecule has 2 rings (SSSR count). The zero-order valence-electron chi connectivity index (χ0n) is 17.7. The van der Waals surface area contributed by atoms with E-state index in [4.69, 9.17) is 18.9 Å². The van der Waals surface area contributed by atoms with Gasteiger partial charge in [0.05, 0.1) is 12.8 Å². The van der Waals surface area contributed by atoms with E-state index in [1.54, 1.807) is 0 Å². The van der Waals surface area contributed by atoms with E-state index >= 15 is 0 Å². The molecule has 0 radical (unpaired) electrons. The van der Waals surface area contributed by atoms with E-state index in [0.29, 0.717) is 10.8 Å². The van der Waals surface area contributed by atoms with E-state index in [1.165, 1.54) is 6.92 Å². The van der Waals surface area contributed by atoms with Gasteiger partial charge in [0.2, 0.25) is 0 Å². The molecule has 0 bridgehead atoms. The second-order valence-electron chi connectivity index (χ2n) is 6.49. The smallest absolute Gasteiger partial charge is 0.412 e. The number of hydrogen-bond acceptors (Lipinski definition) is 11. The number of aromatic nitrogens is 2. The van der Waals surface area contributed by atoms with Crippen molar-refractivity contribution >= 4 is 29.8 Å². The average molecular weight is 459 g/mol. The fraction of sp³-hybridized carbons (Fsp3) is 0.556. The summed E-state index contributed by atoms with van der Waals surface area (Å²) in [5, 5.41) is 1.98. The van der Waals surface area contributed by atoms with Crippen molar-refractivity contribution < 1.29 is 47.3 Å². The molecule has 176 valence electrons. The number of nitrogens with one attached hydrogen (secondary N) is 1. The van der Waals surface area contributed by atoms with Crippen molar-refractivity contribution in [2.24, 2.45) is 0 Å². The van der Waals surface area contributed by atoms with Gasteiger partial charge in [-0.3, -0.25) is 24.3 Å². The Bertz CT molecular complexity index is 949. The van der Waals surface area contributed by atoms with Gasteiger partial charge in [-0.25, -0.2) is 14.0 Å². The van der Waals surface area contributed by atoms with E-state index in [9.17, 15) is 28.4 Å². The zero-order valence-corrected chi connectivity index (χ0v) is 17.7. The second kappa shape index (κ2) is 10.7. The molecule has 32 heavy (non-hydrogen) atoms. The molecule has 2 heterocycles. The van der Waals surface area contributed by atoms with Crippen LogP contribution in [0, 0.1) is 5.82 Å². The minimum Gasteiger partial charge on any atom is -0.463 e.